The predicted octanol–water partition coefficient (Wildman–Crippen LogP) is 5.52. The number of hydrogen-bond acceptors (Lipinski definition) is 4. The fraction of sp³-hybridized carbons (Fsp3) is 0.333. The van der Waals surface area contributed by atoms with E-state index in [9.17, 15) is 10.1 Å². The van der Waals surface area contributed by atoms with Gasteiger partial charge in [0.15, 0.2) is 0 Å². The minimum atomic E-state index is -0.350. The first kappa shape index (κ1) is 16.0. The van der Waals surface area contributed by atoms with Crippen LogP contribution < -0.4 is 5.32 Å². The second-order valence-electron chi connectivity index (χ2n) is 5.11. The zero-order valence-corrected chi connectivity index (χ0v) is 14.8. The molecule has 4 nitrogen and oxygen atoms in total. The molecule has 0 amide bonds. The van der Waals surface area contributed by atoms with Crippen molar-refractivity contribution in [2.75, 3.05) is 5.32 Å². The molecule has 6 heteroatoms. The van der Waals surface area contributed by atoms with Crippen molar-refractivity contribution < 1.29 is 4.92 Å². The van der Waals surface area contributed by atoms with E-state index in [0.717, 1.165) is 10.2 Å². The van der Waals surface area contributed by atoms with Crippen LogP contribution in [0.2, 0.25) is 0 Å². The van der Waals surface area contributed by atoms with E-state index in [0.29, 0.717) is 5.56 Å². The normalized spacial score (nSPS) is 12.2. The van der Waals surface area contributed by atoms with E-state index in [2.05, 4.69) is 48.1 Å². The van der Waals surface area contributed by atoms with Crippen molar-refractivity contribution in [1.82, 2.24) is 0 Å². The number of rotatable bonds is 4. The largest absolute Gasteiger partial charge is 0.377 e. The van der Waals surface area contributed by atoms with Gasteiger partial charge in [0.2, 0.25) is 0 Å². The summed E-state index contributed by atoms with van der Waals surface area (Å²) in [5.74, 6) is 0. The summed E-state index contributed by atoms with van der Waals surface area (Å²) in [7, 11) is 0. The topological polar surface area (TPSA) is 55.2 Å². The van der Waals surface area contributed by atoms with Crippen molar-refractivity contribution >= 4 is 38.6 Å². The molecule has 1 heterocycles. The Kier molecular flexibility index (Phi) is 4.68. The molecule has 2 aromatic rings. The minimum absolute atomic E-state index is 0.0913. The summed E-state index contributed by atoms with van der Waals surface area (Å²) in [4.78, 5) is 13.3. The molecular weight excluding hydrogens is 352 g/mol. The molecule has 1 N–H and O–H groups in total. The molecule has 0 fully saturated rings. The molecule has 0 aliphatic heterocycles. The fourth-order valence-corrected chi connectivity index (χ4v) is 3.95. The monoisotopic (exact) mass is 368 g/mol. The highest BCUT2D eigenvalue weighted by Crippen LogP contribution is 2.34. The Morgan fingerprint density at radius 1 is 1.29 bits per heavy atom. The van der Waals surface area contributed by atoms with Crippen molar-refractivity contribution in [3.05, 3.63) is 53.7 Å². The zero-order chi connectivity index (χ0) is 15.7. The minimum Gasteiger partial charge on any atom is -0.377 e. The van der Waals surface area contributed by atoms with Gasteiger partial charge in [-0.1, -0.05) is 0 Å². The SMILES string of the molecule is Cc1cc(C(C)Nc2cc([N+](=O)[O-])c(C)cc2Br)c(C)s1. The van der Waals surface area contributed by atoms with Gasteiger partial charge in [-0.15, -0.1) is 11.3 Å². The van der Waals surface area contributed by atoms with Crippen LogP contribution in [0.15, 0.2) is 22.7 Å². The third-order valence-electron chi connectivity index (χ3n) is 3.40. The van der Waals surface area contributed by atoms with Gasteiger partial charge in [-0.2, -0.15) is 0 Å². The number of thiophene rings is 1. The standard InChI is InChI=1S/C15H17BrN2O2S/c1-8-5-13(16)14(7-15(8)18(19)20)17-10(3)12-6-9(2)21-11(12)4/h5-7,10,17H,1-4H3. The maximum absolute atomic E-state index is 11.1. The average molecular weight is 369 g/mol. The quantitative estimate of drug-likeness (QED) is 0.571. The van der Waals surface area contributed by atoms with Crippen molar-refractivity contribution in [3.8, 4) is 0 Å². The number of anilines is 1. The summed E-state index contributed by atoms with van der Waals surface area (Å²) in [6.07, 6.45) is 0. The second kappa shape index (κ2) is 6.15. The van der Waals surface area contributed by atoms with Crippen LogP contribution >= 0.6 is 27.3 Å². The van der Waals surface area contributed by atoms with Crippen LogP contribution in [-0.2, 0) is 0 Å². The van der Waals surface area contributed by atoms with Crippen molar-refractivity contribution in [2.45, 2.75) is 33.7 Å². The lowest BCUT2D eigenvalue weighted by Gasteiger charge is -2.17. The van der Waals surface area contributed by atoms with Crippen LogP contribution in [0.4, 0.5) is 11.4 Å². The Morgan fingerprint density at radius 2 is 1.95 bits per heavy atom. The third kappa shape index (κ3) is 3.44. The highest BCUT2D eigenvalue weighted by molar-refractivity contribution is 9.10. The first-order valence-corrected chi connectivity index (χ1v) is 8.18. The maximum Gasteiger partial charge on any atom is 0.274 e. The van der Waals surface area contributed by atoms with E-state index >= 15 is 0 Å². The van der Waals surface area contributed by atoms with Gasteiger partial charge < -0.3 is 5.32 Å². The summed E-state index contributed by atoms with van der Waals surface area (Å²) >= 11 is 5.24. The van der Waals surface area contributed by atoms with Gasteiger partial charge >= 0.3 is 0 Å². The molecular formula is C15H17BrN2O2S. The molecule has 21 heavy (non-hydrogen) atoms. The molecule has 0 aliphatic rings. The van der Waals surface area contributed by atoms with Crippen LogP contribution in [0.25, 0.3) is 0 Å². The summed E-state index contributed by atoms with van der Waals surface area (Å²) in [6, 6.07) is 5.62. The number of nitrogens with one attached hydrogen (secondary N) is 1. The molecule has 2 rings (SSSR count). The predicted molar refractivity (Wildman–Crippen MR) is 91.4 cm³/mol. The van der Waals surface area contributed by atoms with Crippen LogP contribution in [0, 0.1) is 30.9 Å². The van der Waals surface area contributed by atoms with E-state index in [1.54, 1.807) is 30.4 Å². The Labute approximate surface area is 136 Å². The smallest absolute Gasteiger partial charge is 0.274 e. The summed E-state index contributed by atoms with van der Waals surface area (Å²) in [5, 5.41) is 14.4. The lowest BCUT2D eigenvalue weighted by molar-refractivity contribution is -0.385. The Morgan fingerprint density at radius 3 is 2.48 bits per heavy atom. The summed E-state index contributed by atoms with van der Waals surface area (Å²) < 4.78 is 0.835. The van der Waals surface area contributed by atoms with Crippen LogP contribution in [0.1, 0.15) is 33.8 Å². The Bertz CT molecular complexity index is 697. The van der Waals surface area contributed by atoms with Gasteiger partial charge in [0.05, 0.1) is 10.6 Å². The van der Waals surface area contributed by atoms with Gasteiger partial charge in [0, 0.05) is 31.9 Å². The first-order chi connectivity index (χ1) is 9.79. The second-order valence-corrected chi connectivity index (χ2v) is 7.43. The van der Waals surface area contributed by atoms with E-state index in [1.807, 2.05) is 0 Å². The van der Waals surface area contributed by atoms with Gasteiger partial charge in [0.1, 0.15) is 0 Å². The average Bonchev–Trinajstić information content (AvgIpc) is 2.71. The molecule has 0 bridgehead atoms. The molecule has 112 valence electrons. The lowest BCUT2D eigenvalue weighted by Crippen LogP contribution is -2.08. The van der Waals surface area contributed by atoms with Gasteiger partial charge in [-0.05, 0) is 61.3 Å². The van der Waals surface area contributed by atoms with E-state index in [4.69, 9.17) is 0 Å². The highest BCUT2D eigenvalue weighted by atomic mass is 79.9. The summed E-state index contributed by atoms with van der Waals surface area (Å²) in [5.41, 5.74) is 2.74. The van der Waals surface area contributed by atoms with E-state index in [1.165, 1.54) is 15.3 Å². The first-order valence-electron chi connectivity index (χ1n) is 6.57. The number of hydrogen-bond donors (Lipinski definition) is 1. The number of benzene rings is 1. The Hall–Kier alpha value is -1.40. The molecule has 1 atom stereocenters. The molecule has 1 aromatic carbocycles. The number of halogens is 1. The molecule has 0 aliphatic carbocycles. The fourth-order valence-electron chi connectivity index (χ4n) is 2.36. The maximum atomic E-state index is 11.1. The molecule has 0 radical (unpaired) electrons. The van der Waals surface area contributed by atoms with Crippen molar-refractivity contribution in [3.63, 3.8) is 0 Å². The zero-order valence-electron chi connectivity index (χ0n) is 12.4. The van der Waals surface area contributed by atoms with Crippen LogP contribution in [0.3, 0.4) is 0 Å². The van der Waals surface area contributed by atoms with E-state index in [-0.39, 0.29) is 16.7 Å². The van der Waals surface area contributed by atoms with Gasteiger partial charge in [-0.25, -0.2) is 0 Å². The lowest BCUT2D eigenvalue weighted by atomic mass is 10.1. The number of nitro groups is 1. The highest BCUT2D eigenvalue weighted by Gasteiger charge is 2.17. The van der Waals surface area contributed by atoms with Gasteiger partial charge in [0.25, 0.3) is 5.69 Å². The summed E-state index contributed by atoms with van der Waals surface area (Å²) in [6.45, 7) is 7.98. The Balaban J connectivity index is 2.33. The third-order valence-corrected chi connectivity index (χ3v) is 5.04. The van der Waals surface area contributed by atoms with Crippen molar-refractivity contribution in [2.24, 2.45) is 0 Å². The molecule has 0 saturated carbocycles. The van der Waals surface area contributed by atoms with E-state index < -0.39 is 0 Å². The molecule has 0 saturated heterocycles. The van der Waals surface area contributed by atoms with Crippen LogP contribution in [0.5, 0.6) is 0 Å². The molecule has 0 spiro atoms. The molecule has 1 aromatic heterocycles. The van der Waals surface area contributed by atoms with Gasteiger partial charge in [-0.3, -0.25) is 10.1 Å². The number of nitrogens with zero attached hydrogens (tertiary/aromatic N) is 1. The number of aryl methyl sites for hydroxylation is 3. The number of nitro benzene ring substituents is 1. The van der Waals surface area contributed by atoms with Crippen LogP contribution in [-0.4, -0.2) is 4.92 Å². The van der Waals surface area contributed by atoms with Crippen molar-refractivity contribution in [1.29, 1.82) is 0 Å². The molecule has 1 unspecified atom stereocenters.